The van der Waals surface area contributed by atoms with Crippen LogP contribution in [0.3, 0.4) is 0 Å². The van der Waals surface area contributed by atoms with Crippen LogP contribution in [0.15, 0.2) is 12.2 Å². The molecule has 1 saturated carbocycles. The maximum atomic E-state index is 12.2. The molecular formula is C24H42O4. The molecule has 162 valence electrons. The summed E-state index contributed by atoms with van der Waals surface area (Å²) in [6.45, 7) is 2.68. The number of esters is 1. The van der Waals surface area contributed by atoms with Crippen LogP contribution in [0.1, 0.15) is 110 Å². The van der Waals surface area contributed by atoms with Gasteiger partial charge >= 0.3 is 11.9 Å². The molecule has 28 heavy (non-hydrogen) atoms. The Bertz CT molecular complexity index is 444. The van der Waals surface area contributed by atoms with Crippen LogP contribution in [0.2, 0.25) is 0 Å². The first-order chi connectivity index (χ1) is 13.7. The topological polar surface area (TPSA) is 63.6 Å². The summed E-state index contributed by atoms with van der Waals surface area (Å²) in [6.07, 6.45) is 22.4. The lowest BCUT2D eigenvalue weighted by molar-refractivity contribution is -0.159. The number of rotatable bonds is 16. The molecule has 2 unspecified atom stereocenters. The SMILES string of the molecule is CCCCCC/C=C/CCCCCCCCOC(=O)C1CCCCC1C(=O)O. The molecular weight excluding hydrogens is 352 g/mol. The highest BCUT2D eigenvalue weighted by atomic mass is 16.5. The van der Waals surface area contributed by atoms with Gasteiger partial charge in [-0.25, -0.2) is 0 Å². The summed E-state index contributed by atoms with van der Waals surface area (Å²) in [4.78, 5) is 23.4. The zero-order valence-corrected chi connectivity index (χ0v) is 18.0. The number of carbonyl (C=O) groups excluding carboxylic acids is 1. The minimum Gasteiger partial charge on any atom is -0.481 e. The second-order valence-corrected chi connectivity index (χ2v) is 8.23. The summed E-state index contributed by atoms with van der Waals surface area (Å²) in [5.74, 6) is -2.14. The Morgan fingerprint density at radius 1 is 0.821 bits per heavy atom. The van der Waals surface area contributed by atoms with Gasteiger partial charge in [-0.15, -0.1) is 0 Å². The lowest BCUT2D eigenvalue weighted by atomic mass is 9.79. The van der Waals surface area contributed by atoms with Crippen LogP contribution in [0.25, 0.3) is 0 Å². The van der Waals surface area contributed by atoms with Crippen LogP contribution in [-0.2, 0) is 14.3 Å². The van der Waals surface area contributed by atoms with E-state index in [-0.39, 0.29) is 5.97 Å². The number of carbonyl (C=O) groups is 2. The molecule has 1 rings (SSSR count). The van der Waals surface area contributed by atoms with Crippen molar-refractivity contribution in [2.75, 3.05) is 6.61 Å². The van der Waals surface area contributed by atoms with E-state index in [0.717, 1.165) is 25.7 Å². The van der Waals surface area contributed by atoms with Gasteiger partial charge in [0.2, 0.25) is 0 Å². The minimum atomic E-state index is -0.854. The van der Waals surface area contributed by atoms with E-state index in [0.29, 0.717) is 19.4 Å². The molecule has 1 fully saturated rings. The number of hydrogen-bond acceptors (Lipinski definition) is 3. The summed E-state index contributed by atoms with van der Waals surface area (Å²) >= 11 is 0. The van der Waals surface area contributed by atoms with Gasteiger partial charge in [-0.3, -0.25) is 9.59 Å². The first-order valence-corrected chi connectivity index (χ1v) is 11.7. The average Bonchev–Trinajstić information content (AvgIpc) is 2.70. The molecule has 1 aliphatic carbocycles. The van der Waals surface area contributed by atoms with E-state index in [2.05, 4.69) is 19.1 Å². The Morgan fingerprint density at radius 3 is 1.96 bits per heavy atom. The fourth-order valence-electron chi connectivity index (χ4n) is 3.98. The van der Waals surface area contributed by atoms with Gasteiger partial charge in [-0.2, -0.15) is 0 Å². The molecule has 0 bridgehead atoms. The summed E-state index contributed by atoms with van der Waals surface area (Å²) in [6, 6.07) is 0. The van der Waals surface area contributed by atoms with E-state index in [1.807, 2.05) is 0 Å². The number of aliphatic carboxylic acids is 1. The van der Waals surface area contributed by atoms with Gasteiger partial charge in [0.05, 0.1) is 18.4 Å². The summed E-state index contributed by atoms with van der Waals surface area (Å²) in [7, 11) is 0. The number of carboxylic acids is 1. The monoisotopic (exact) mass is 394 g/mol. The van der Waals surface area contributed by atoms with Gasteiger partial charge in [-0.1, -0.05) is 76.9 Å². The number of hydrogen-bond donors (Lipinski definition) is 1. The molecule has 0 aromatic heterocycles. The van der Waals surface area contributed by atoms with Crippen molar-refractivity contribution in [3.8, 4) is 0 Å². The van der Waals surface area contributed by atoms with Gasteiger partial charge in [0, 0.05) is 0 Å². The molecule has 0 radical (unpaired) electrons. The highest BCUT2D eigenvalue weighted by Gasteiger charge is 2.36. The highest BCUT2D eigenvalue weighted by Crippen LogP contribution is 2.31. The Balaban J connectivity index is 1.93. The Hall–Kier alpha value is -1.32. The maximum Gasteiger partial charge on any atom is 0.309 e. The molecule has 0 amide bonds. The lowest BCUT2D eigenvalue weighted by Crippen LogP contribution is -2.33. The molecule has 0 spiro atoms. The van der Waals surface area contributed by atoms with Crippen molar-refractivity contribution < 1.29 is 19.4 Å². The molecule has 0 aromatic carbocycles. The van der Waals surface area contributed by atoms with Crippen LogP contribution in [0.5, 0.6) is 0 Å². The molecule has 2 atom stereocenters. The highest BCUT2D eigenvalue weighted by molar-refractivity contribution is 5.81. The number of unbranched alkanes of at least 4 members (excludes halogenated alkanes) is 10. The van der Waals surface area contributed by atoms with Crippen LogP contribution >= 0.6 is 0 Å². The third-order valence-corrected chi connectivity index (χ3v) is 5.79. The first-order valence-electron chi connectivity index (χ1n) is 11.7. The second-order valence-electron chi connectivity index (χ2n) is 8.23. The van der Waals surface area contributed by atoms with Gasteiger partial charge in [0.15, 0.2) is 0 Å². The fourth-order valence-corrected chi connectivity index (χ4v) is 3.98. The van der Waals surface area contributed by atoms with Crippen molar-refractivity contribution in [1.29, 1.82) is 0 Å². The minimum absolute atomic E-state index is 0.298. The van der Waals surface area contributed by atoms with E-state index in [1.165, 1.54) is 64.2 Å². The fraction of sp³-hybridized carbons (Fsp3) is 0.833. The van der Waals surface area contributed by atoms with Crippen LogP contribution < -0.4 is 0 Å². The molecule has 0 aromatic rings. The van der Waals surface area contributed by atoms with Gasteiger partial charge in [-0.05, 0) is 44.9 Å². The third kappa shape index (κ3) is 11.5. The predicted octanol–water partition coefficient (Wildman–Crippen LogP) is 6.68. The van der Waals surface area contributed by atoms with E-state index < -0.39 is 17.8 Å². The molecule has 1 aliphatic rings. The summed E-state index contributed by atoms with van der Waals surface area (Å²) in [5, 5.41) is 9.25. The smallest absolute Gasteiger partial charge is 0.309 e. The molecule has 1 N–H and O–H groups in total. The first kappa shape index (κ1) is 24.7. The quantitative estimate of drug-likeness (QED) is 0.180. The van der Waals surface area contributed by atoms with Crippen molar-refractivity contribution in [2.24, 2.45) is 11.8 Å². The van der Waals surface area contributed by atoms with Gasteiger partial charge in [0.1, 0.15) is 0 Å². The second kappa shape index (κ2) is 16.6. The zero-order valence-electron chi connectivity index (χ0n) is 18.0. The van der Waals surface area contributed by atoms with E-state index in [1.54, 1.807) is 0 Å². The summed E-state index contributed by atoms with van der Waals surface area (Å²) < 4.78 is 5.36. The summed E-state index contributed by atoms with van der Waals surface area (Å²) in [5.41, 5.74) is 0. The number of carboxylic acid groups (broad SMARTS) is 1. The maximum absolute atomic E-state index is 12.2. The Kier molecular flexibility index (Phi) is 14.7. The van der Waals surface area contributed by atoms with E-state index >= 15 is 0 Å². The lowest BCUT2D eigenvalue weighted by Gasteiger charge is -2.26. The molecule has 4 heteroatoms. The van der Waals surface area contributed by atoms with Crippen LogP contribution in [0, 0.1) is 11.8 Å². The van der Waals surface area contributed by atoms with E-state index in [4.69, 9.17) is 4.74 Å². The van der Waals surface area contributed by atoms with Crippen molar-refractivity contribution in [3.63, 3.8) is 0 Å². The normalized spacial score (nSPS) is 19.8. The Labute approximate surface area is 172 Å². The molecule has 0 saturated heterocycles. The van der Waals surface area contributed by atoms with Crippen molar-refractivity contribution in [2.45, 2.75) is 110 Å². The Morgan fingerprint density at radius 2 is 1.36 bits per heavy atom. The van der Waals surface area contributed by atoms with Gasteiger partial charge in [0.25, 0.3) is 0 Å². The molecule has 0 heterocycles. The van der Waals surface area contributed by atoms with E-state index in [9.17, 15) is 14.7 Å². The largest absolute Gasteiger partial charge is 0.481 e. The number of allylic oxidation sites excluding steroid dienone is 2. The predicted molar refractivity (Wildman–Crippen MR) is 114 cm³/mol. The molecule has 4 nitrogen and oxygen atoms in total. The average molecular weight is 395 g/mol. The molecule has 0 aliphatic heterocycles. The standard InChI is InChI=1S/C24H42O4/c1-2-3-4-5-6-7-8-9-10-11-12-13-14-17-20-28-24(27)22-19-16-15-18-21(22)23(25)26/h7-8,21-22H,2-6,9-20H2,1H3,(H,25,26)/b8-7+. The van der Waals surface area contributed by atoms with Crippen molar-refractivity contribution in [3.05, 3.63) is 12.2 Å². The number of ether oxygens (including phenoxy) is 1. The van der Waals surface area contributed by atoms with Crippen LogP contribution in [0.4, 0.5) is 0 Å². The van der Waals surface area contributed by atoms with Crippen LogP contribution in [-0.4, -0.2) is 23.7 Å². The van der Waals surface area contributed by atoms with Crippen molar-refractivity contribution in [1.82, 2.24) is 0 Å². The third-order valence-electron chi connectivity index (χ3n) is 5.79. The van der Waals surface area contributed by atoms with Gasteiger partial charge < -0.3 is 9.84 Å². The zero-order chi connectivity index (χ0) is 20.5. The van der Waals surface area contributed by atoms with Crippen molar-refractivity contribution >= 4 is 11.9 Å².